The van der Waals surface area contributed by atoms with E-state index in [-0.39, 0.29) is 11.9 Å². The summed E-state index contributed by atoms with van der Waals surface area (Å²) in [6, 6.07) is 17.7. The predicted octanol–water partition coefficient (Wildman–Crippen LogP) is 5.54. The van der Waals surface area contributed by atoms with Gasteiger partial charge in [0.25, 0.3) is 5.91 Å². The fourth-order valence-electron chi connectivity index (χ4n) is 3.12. The molecule has 8 heteroatoms. The quantitative estimate of drug-likeness (QED) is 0.269. The largest absolute Gasteiger partial charge is 0.497 e. The number of carbonyl (C=O) groups is 2. The maximum Gasteiger partial charge on any atom is 0.338 e. The number of amides is 1. The second-order valence-electron chi connectivity index (χ2n) is 6.71. The molecule has 2 heterocycles. The molecule has 1 aliphatic heterocycles. The SMILES string of the molecule is CCOC(=O)c1ccc(-c2ccc(/C=C3/SC(=S)N(c4ccc(OC)cc4)C3=O)o2)cc1. The van der Waals surface area contributed by atoms with E-state index in [1.165, 1.54) is 16.7 Å². The van der Waals surface area contributed by atoms with Gasteiger partial charge >= 0.3 is 5.97 Å². The maximum absolute atomic E-state index is 12.9. The molecule has 162 valence electrons. The molecule has 0 N–H and O–H groups in total. The van der Waals surface area contributed by atoms with Gasteiger partial charge < -0.3 is 13.9 Å². The van der Waals surface area contributed by atoms with E-state index in [2.05, 4.69) is 0 Å². The number of methoxy groups -OCH3 is 1. The van der Waals surface area contributed by atoms with Gasteiger partial charge in [0.2, 0.25) is 0 Å². The number of carbonyl (C=O) groups excluding carboxylic acids is 2. The lowest BCUT2D eigenvalue weighted by Crippen LogP contribution is -2.27. The van der Waals surface area contributed by atoms with Crippen LogP contribution in [-0.2, 0) is 9.53 Å². The van der Waals surface area contributed by atoms with Crippen molar-refractivity contribution in [3.05, 3.63) is 76.9 Å². The first-order valence-corrected chi connectivity index (χ1v) is 11.0. The molecule has 0 unspecified atom stereocenters. The number of hydrogen-bond donors (Lipinski definition) is 0. The fourth-order valence-corrected chi connectivity index (χ4v) is 4.40. The van der Waals surface area contributed by atoms with E-state index in [1.54, 1.807) is 74.7 Å². The summed E-state index contributed by atoms with van der Waals surface area (Å²) in [5, 5.41) is 0. The molecule has 1 aromatic heterocycles. The standard InChI is InChI=1S/C24H19NO5S2/c1-3-29-23(27)16-6-4-15(5-7-16)20-13-12-19(30-20)14-21-22(26)25(24(31)32-21)17-8-10-18(28-2)11-9-17/h4-14H,3H2,1-2H3/b21-14+. The second kappa shape index (κ2) is 9.42. The zero-order valence-corrected chi connectivity index (χ0v) is 19.0. The highest BCUT2D eigenvalue weighted by molar-refractivity contribution is 8.27. The number of hydrogen-bond acceptors (Lipinski definition) is 7. The smallest absolute Gasteiger partial charge is 0.338 e. The average molecular weight is 466 g/mol. The Balaban J connectivity index is 1.52. The zero-order valence-electron chi connectivity index (χ0n) is 17.4. The summed E-state index contributed by atoms with van der Waals surface area (Å²) in [4.78, 5) is 26.7. The first kappa shape index (κ1) is 21.9. The maximum atomic E-state index is 12.9. The minimum absolute atomic E-state index is 0.207. The normalized spacial score (nSPS) is 14.8. The zero-order chi connectivity index (χ0) is 22.7. The van der Waals surface area contributed by atoms with Crippen molar-refractivity contribution in [1.82, 2.24) is 0 Å². The fraction of sp³-hybridized carbons (Fsp3) is 0.125. The van der Waals surface area contributed by atoms with E-state index in [1.807, 2.05) is 6.07 Å². The van der Waals surface area contributed by atoms with E-state index in [4.69, 9.17) is 26.1 Å². The highest BCUT2D eigenvalue weighted by Gasteiger charge is 2.33. The Morgan fingerprint density at radius 1 is 1.09 bits per heavy atom. The number of thiocarbonyl (C=S) groups is 1. The number of thioether (sulfide) groups is 1. The molecule has 0 radical (unpaired) electrons. The topological polar surface area (TPSA) is 69.0 Å². The molecule has 0 aliphatic carbocycles. The summed E-state index contributed by atoms with van der Waals surface area (Å²) >= 11 is 6.64. The van der Waals surface area contributed by atoms with Gasteiger partial charge in [-0.25, -0.2) is 4.79 Å². The monoisotopic (exact) mass is 465 g/mol. The number of nitrogens with zero attached hydrogens (tertiary/aromatic N) is 1. The molecular weight excluding hydrogens is 446 g/mol. The van der Waals surface area contributed by atoms with Gasteiger partial charge in [-0.2, -0.15) is 0 Å². The van der Waals surface area contributed by atoms with Gasteiger partial charge in [-0.3, -0.25) is 9.69 Å². The van der Waals surface area contributed by atoms with Crippen LogP contribution in [0.5, 0.6) is 5.75 Å². The lowest BCUT2D eigenvalue weighted by molar-refractivity contribution is -0.113. The minimum atomic E-state index is -0.363. The Bertz CT molecular complexity index is 1200. The van der Waals surface area contributed by atoms with Gasteiger partial charge in [-0.15, -0.1) is 0 Å². The van der Waals surface area contributed by atoms with Crippen LogP contribution in [0.2, 0.25) is 0 Å². The van der Waals surface area contributed by atoms with Crippen molar-refractivity contribution in [2.45, 2.75) is 6.92 Å². The minimum Gasteiger partial charge on any atom is -0.497 e. The summed E-state index contributed by atoms with van der Waals surface area (Å²) in [5.41, 5.74) is 1.96. The second-order valence-corrected chi connectivity index (χ2v) is 8.39. The molecule has 1 amide bonds. The van der Waals surface area contributed by atoms with Crippen LogP contribution in [0, 0.1) is 0 Å². The Morgan fingerprint density at radius 3 is 2.47 bits per heavy atom. The first-order valence-electron chi connectivity index (χ1n) is 9.79. The third-order valence-corrected chi connectivity index (χ3v) is 6.01. The molecule has 2 aromatic carbocycles. The molecule has 1 saturated heterocycles. The number of benzene rings is 2. The summed E-state index contributed by atoms with van der Waals surface area (Å²) in [7, 11) is 1.59. The van der Waals surface area contributed by atoms with Crippen molar-refractivity contribution in [3.8, 4) is 17.1 Å². The van der Waals surface area contributed by atoms with Crippen LogP contribution in [0.1, 0.15) is 23.0 Å². The van der Waals surface area contributed by atoms with Crippen molar-refractivity contribution in [2.24, 2.45) is 0 Å². The molecule has 4 rings (SSSR count). The Kier molecular flexibility index (Phi) is 6.43. The van der Waals surface area contributed by atoms with Crippen molar-refractivity contribution in [2.75, 3.05) is 18.6 Å². The Labute approximate surface area is 194 Å². The van der Waals surface area contributed by atoms with Crippen molar-refractivity contribution in [1.29, 1.82) is 0 Å². The van der Waals surface area contributed by atoms with Crippen LogP contribution >= 0.6 is 24.0 Å². The molecule has 1 aliphatic rings. The Hall–Kier alpha value is -3.36. The van der Waals surface area contributed by atoms with E-state index < -0.39 is 0 Å². The van der Waals surface area contributed by atoms with Gasteiger partial charge in [-0.1, -0.05) is 36.1 Å². The number of furan rings is 1. The molecule has 0 atom stereocenters. The molecule has 0 bridgehead atoms. The summed E-state index contributed by atoms with van der Waals surface area (Å²) in [6.45, 7) is 2.09. The van der Waals surface area contributed by atoms with Gasteiger partial charge in [0.1, 0.15) is 17.3 Å². The molecular formula is C24H19NO5S2. The molecule has 1 fully saturated rings. The van der Waals surface area contributed by atoms with Gasteiger partial charge in [0.15, 0.2) is 4.32 Å². The number of rotatable bonds is 6. The average Bonchev–Trinajstić information content (AvgIpc) is 3.38. The van der Waals surface area contributed by atoms with E-state index in [9.17, 15) is 9.59 Å². The van der Waals surface area contributed by atoms with Crippen LogP contribution in [0.15, 0.2) is 70.0 Å². The van der Waals surface area contributed by atoms with E-state index in [0.717, 1.165) is 5.56 Å². The molecule has 0 saturated carbocycles. The van der Waals surface area contributed by atoms with E-state index >= 15 is 0 Å². The lowest BCUT2D eigenvalue weighted by atomic mass is 10.1. The summed E-state index contributed by atoms with van der Waals surface area (Å²) < 4.78 is 16.5. The van der Waals surface area contributed by atoms with Crippen LogP contribution < -0.4 is 9.64 Å². The van der Waals surface area contributed by atoms with Crippen LogP contribution in [-0.4, -0.2) is 29.9 Å². The highest BCUT2D eigenvalue weighted by Crippen LogP contribution is 2.37. The lowest BCUT2D eigenvalue weighted by Gasteiger charge is -2.14. The summed E-state index contributed by atoms with van der Waals surface area (Å²) in [5.74, 6) is 1.29. The van der Waals surface area contributed by atoms with E-state index in [0.29, 0.717) is 44.4 Å². The van der Waals surface area contributed by atoms with Crippen LogP contribution in [0.4, 0.5) is 5.69 Å². The van der Waals surface area contributed by atoms with Gasteiger partial charge in [0.05, 0.1) is 29.9 Å². The predicted molar refractivity (Wildman–Crippen MR) is 129 cm³/mol. The Morgan fingerprint density at radius 2 is 1.81 bits per heavy atom. The number of anilines is 1. The molecule has 3 aromatic rings. The number of ether oxygens (including phenoxy) is 2. The van der Waals surface area contributed by atoms with Crippen molar-refractivity contribution in [3.63, 3.8) is 0 Å². The van der Waals surface area contributed by atoms with Crippen LogP contribution in [0.3, 0.4) is 0 Å². The highest BCUT2D eigenvalue weighted by atomic mass is 32.2. The molecule has 0 spiro atoms. The third kappa shape index (κ3) is 4.46. The summed E-state index contributed by atoms with van der Waals surface area (Å²) in [6.07, 6.45) is 1.68. The third-order valence-electron chi connectivity index (χ3n) is 4.71. The number of esters is 1. The molecule has 6 nitrogen and oxygen atoms in total. The van der Waals surface area contributed by atoms with Crippen molar-refractivity contribution < 1.29 is 23.5 Å². The van der Waals surface area contributed by atoms with Crippen molar-refractivity contribution >= 4 is 51.9 Å². The van der Waals surface area contributed by atoms with Gasteiger partial charge in [0, 0.05) is 11.6 Å². The molecule has 32 heavy (non-hydrogen) atoms. The van der Waals surface area contributed by atoms with Crippen LogP contribution in [0.25, 0.3) is 17.4 Å². The first-order chi connectivity index (χ1) is 15.5. The van der Waals surface area contributed by atoms with Gasteiger partial charge in [-0.05, 0) is 55.5 Å².